The number of hydrogen-bond donors (Lipinski definition) is 2. The molecule has 2 N–H and O–H groups in total. The van der Waals surface area contributed by atoms with Crippen molar-refractivity contribution in [3.63, 3.8) is 0 Å². The lowest BCUT2D eigenvalue weighted by Gasteiger charge is -2.12. The molecule has 2 aromatic heterocycles. The highest BCUT2D eigenvalue weighted by Gasteiger charge is 2.08. The first-order chi connectivity index (χ1) is 16.7. The van der Waals surface area contributed by atoms with Gasteiger partial charge >= 0.3 is 0 Å². The molecule has 0 aliphatic rings. The number of hydrogen-bond acceptors (Lipinski definition) is 4. The maximum absolute atomic E-state index is 12.3. The van der Waals surface area contributed by atoms with Gasteiger partial charge in [0.1, 0.15) is 5.76 Å². The molecule has 0 saturated carbocycles. The van der Waals surface area contributed by atoms with Gasteiger partial charge in [-0.25, -0.2) is 0 Å². The molecule has 0 spiro atoms. The quantitative estimate of drug-likeness (QED) is 0.354. The smallest absolute Gasteiger partial charge is 0.244 e. The van der Waals surface area contributed by atoms with E-state index < -0.39 is 0 Å². The molecule has 34 heavy (non-hydrogen) atoms. The largest absolute Gasteiger partial charge is 0.465 e. The molecule has 0 radical (unpaired) electrons. The van der Waals surface area contributed by atoms with Gasteiger partial charge in [-0.15, -0.1) is 0 Å². The van der Waals surface area contributed by atoms with Crippen LogP contribution in [0, 0.1) is 0 Å². The van der Waals surface area contributed by atoms with Crippen molar-refractivity contribution in [3.05, 3.63) is 108 Å². The molecule has 0 bridgehead atoms. The van der Waals surface area contributed by atoms with E-state index in [1.54, 1.807) is 24.4 Å². The fourth-order valence-corrected chi connectivity index (χ4v) is 3.51. The number of carbonyl (C=O) groups is 2. The molecular formula is C27H26N4O3. The molecule has 2 aromatic carbocycles. The molecule has 0 unspecified atom stereocenters. The lowest BCUT2D eigenvalue weighted by molar-refractivity contribution is -0.121. The zero-order valence-electron chi connectivity index (χ0n) is 18.7. The van der Waals surface area contributed by atoms with Crippen LogP contribution in [0.2, 0.25) is 0 Å². The number of carbonyl (C=O) groups excluding carboxylic acids is 2. The van der Waals surface area contributed by atoms with Crippen LogP contribution in [-0.4, -0.2) is 28.1 Å². The second kappa shape index (κ2) is 11.5. The maximum atomic E-state index is 12.3. The van der Waals surface area contributed by atoms with Crippen LogP contribution in [0.1, 0.15) is 23.3 Å². The molecule has 172 valence electrons. The van der Waals surface area contributed by atoms with Crippen LogP contribution < -0.4 is 10.6 Å². The third-order valence-electron chi connectivity index (χ3n) is 5.26. The number of nitrogens with one attached hydrogen (secondary N) is 2. The Hall–Kier alpha value is -4.39. The SMILES string of the molecule is O=C(/C=C/c1ccco1)NCCC(=O)NCc1ccccc1-c1ccc(Cn2cccn2)cc1. The Morgan fingerprint density at radius 2 is 1.82 bits per heavy atom. The third-order valence-corrected chi connectivity index (χ3v) is 5.26. The monoisotopic (exact) mass is 454 g/mol. The van der Waals surface area contributed by atoms with Gasteiger partial charge in [-0.05, 0) is 46.5 Å². The second-order valence-corrected chi connectivity index (χ2v) is 7.72. The lowest BCUT2D eigenvalue weighted by atomic mass is 9.98. The summed E-state index contributed by atoms with van der Waals surface area (Å²) in [7, 11) is 0. The number of furan rings is 1. The lowest BCUT2D eigenvalue weighted by Crippen LogP contribution is -2.29. The van der Waals surface area contributed by atoms with Gasteiger partial charge in [-0.1, -0.05) is 48.5 Å². The minimum absolute atomic E-state index is 0.125. The summed E-state index contributed by atoms with van der Waals surface area (Å²) in [6.45, 7) is 1.39. The normalized spacial score (nSPS) is 10.9. The molecule has 7 nitrogen and oxygen atoms in total. The standard InChI is InChI=1S/C27H26N4O3/c32-26(13-12-24-6-3-18-34-24)28-16-14-27(33)29-19-23-5-1-2-7-25(23)22-10-8-21(9-11-22)20-31-17-4-15-30-31/h1-13,15,17-18H,14,16,19-20H2,(H,28,32)(H,29,33)/b13-12+. The first-order valence-corrected chi connectivity index (χ1v) is 11.1. The summed E-state index contributed by atoms with van der Waals surface area (Å²) in [5, 5.41) is 9.89. The minimum atomic E-state index is -0.273. The van der Waals surface area contributed by atoms with E-state index in [1.165, 1.54) is 17.9 Å². The predicted octanol–water partition coefficient (Wildman–Crippen LogP) is 4.03. The summed E-state index contributed by atoms with van der Waals surface area (Å²) >= 11 is 0. The van der Waals surface area contributed by atoms with Crippen LogP contribution in [0.15, 0.2) is 95.9 Å². The van der Waals surface area contributed by atoms with Crippen molar-refractivity contribution in [2.75, 3.05) is 6.54 Å². The van der Waals surface area contributed by atoms with Crippen LogP contribution in [0.5, 0.6) is 0 Å². The number of aromatic nitrogens is 2. The van der Waals surface area contributed by atoms with E-state index in [0.717, 1.165) is 23.2 Å². The van der Waals surface area contributed by atoms with Crippen molar-refractivity contribution >= 4 is 17.9 Å². The molecule has 2 heterocycles. The van der Waals surface area contributed by atoms with Gasteiger partial charge in [0.05, 0.1) is 12.8 Å². The van der Waals surface area contributed by atoms with E-state index in [2.05, 4.69) is 46.1 Å². The number of nitrogens with zero attached hydrogens (tertiary/aromatic N) is 2. The van der Waals surface area contributed by atoms with Crippen molar-refractivity contribution in [3.8, 4) is 11.1 Å². The number of rotatable bonds is 10. The summed E-state index contributed by atoms with van der Waals surface area (Å²) in [6.07, 6.45) is 8.41. The minimum Gasteiger partial charge on any atom is -0.465 e. The Bertz CT molecular complexity index is 1230. The molecule has 2 amide bonds. The van der Waals surface area contributed by atoms with Gasteiger partial charge in [0.25, 0.3) is 0 Å². The third kappa shape index (κ3) is 6.56. The van der Waals surface area contributed by atoms with Crippen LogP contribution in [-0.2, 0) is 22.7 Å². The zero-order valence-corrected chi connectivity index (χ0v) is 18.7. The predicted molar refractivity (Wildman–Crippen MR) is 130 cm³/mol. The van der Waals surface area contributed by atoms with E-state index in [-0.39, 0.29) is 24.8 Å². The molecule has 0 aliphatic heterocycles. The van der Waals surface area contributed by atoms with Crippen LogP contribution in [0.25, 0.3) is 17.2 Å². The fourth-order valence-electron chi connectivity index (χ4n) is 3.51. The molecule has 0 fully saturated rings. The summed E-state index contributed by atoms with van der Waals surface area (Å²) in [6, 6.07) is 21.8. The van der Waals surface area contributed by atoms with Crippen LogP contribution in [0.3, 0.4) is 0 Å². The van der Waals surface area contributed by atoms with E-state index in [1.807, 2.05) is 35.1 Å². The van der Waals surface area contributed by atoms with E-state index >= 15 is 0 Å². The number of amides is 2. The van der Waals surface area contributed by atoms with Crippen molar-refractivity contribution in [1.29, 1.82) is 0 Å². The summed E-state index contributed by atoms with van der Waals surface area (Å²) in [5.74, 6) is 0.198. The Kier molecular flexibility index (Phi) is 7.69. The molecule has 4 aromatic rings. The number of benzene rings is 2. The molecule has 7 heteroatoms. The molecule has 0 saturated heterocycles. The summed E-state index contributed by atoms with van der Waals surface area (Å²) < 4.78 is 7.02. The van der Waals surface area contributed by atoms with Gasteiger partial charge in [0, 0.05) is 38.0 Å². The van der Waals surface area contributed by atoms with Gasteiger partial charge in [0.15, 0.2) is 0 Å². The van der Waals surface area contributed by atoms with Crippen molar-refractivity contribution in [2.45, 2.75) is 19.5 Å². The van der Waals surface area contributed by atoms with Gasteiger partial charge in [-0.2, -0.15) is 5.10 Å². The Balaban J connectivity index is 1.26. The summed E-state index contributed by atoms with van der Waals surface area (Å²) in [5.41, 5.74) is 4.36. The molecule has 0 aliphatic carbocycles. The van der Waals surface area contributed by atoms with Gasteiger partial charge in [-0.3, -0.25) is 14.3 Å². The average Bonchev–Trinajstić information content (AvgIpc) is 3.57. The average molecular weight is 455 g/mol. The van der Waals surface area contributed by atoms with Crippen molar-refractivity contribution < 1.29 is 14.0 Å². The highest BCUT2D eigenvalue weighted by molar-refractivity contribution is 5.91. The molecule has 0 atom stereocenters. The second-order valence-electron chi connectivity index (χ2n) is 7.72. The van der Waals surface area contributed by atoms with Crippen molar-refractivity contribution in [1.82, 2.24) is 20.4 Å². The Morgan fingerprint density at radius 3 is 2.59 bits per heavy atom. The van der Waals surface area contributed by atoms with Gasteiger partial charge in [0.2, 0.25) is 11.8 Å². The molecular weight excluding hydrogens is 428 g/mol. The van der Waals surface area contributed by atoms with Crippen LogP contribution >= 0.6 is 0 Å². The topological polar surface area (TPSA) is 89.2 Å². The van der Waals surface area contributed by atoms with Gasteiger partial charge < -0.3 is 15.1 Å². The highest BCUT2D eigenvalue weighted by Crippen LogP contribution is 2.24. The van der Waals surface area contributed by atoms with E-state index in [0.29, 0.717) is 12.3 Å². The molecule has 4 rings (SSSR count). The Morgan fingerprint density at radius 1 is 0.971 bits per heavy atom. The van der Waals surface area contributed by atoms with E-state index in [4.69, 9.17) is 4.42 Å². The first-order valence-electron chi connectivity index (χ1n) is 11.1. The first kappa shape index (κ1) is 22.8. The Labute approximate surface area is 198 Å². The summed E-state index contributed by atoms with van der Waals surface area (Å²) in [4.78, 5) is 24.1. The van der Waals surface area contributed by atoms with Crippen molar-refractivity contribution in [2.24, 2.45) is 0 Å². The zero-order chi connectivity index (χ0) is 23.6. The van der Waals surface area contributed by atoms with E-state index in [9.17, 15) is 9.59 Å². The van der Waals surface area contributed by atoms with Crippen LogP contribution in [0.4, 0.5) is 0 Å². The highest BCUT2D eigenvalue weighted by atomic mass is 16.3. The fraction of sp³-hybridized carbons (Fsp3) is 0.148. The maximum Gasteiger partial charge on any atom is 0.244 e.